The topological polar surface area (TPSA) is 93.7 Å². The standard InChI is InChI=1S/C28H31F3N4O4/c29-28(30,31)39-24-13-7-20(8-14-24)26-17-32-27(38-26)33-25-6-2-1-5-21(25)16-19-4-3-15-34(18-19)22-9-11-23(12-10-22)35(36)37/h7-14,17,19,21,25H,1-6,15-16,18H2,(H,32,33)/t19-,21+,25-/m1/s1. The van der Waals surface area contributed by atoms with Gasteiger partial charge in [-0.1, -0.05) is 12.8 Å². The molecule has 1 aliphatic carbocycles. The van der Waals surface area contributed by atoms with E-state index >= 15 is 0 Å². The van der Waals surface area contributed by atoms with Crippen molar-refractivity contribution in [1.29, 1.82) is 0 Å². The number of nitrogens with one attached hydrogen (secondary N) is 1. The lowest BCUT2D eigenvalue weighted by molar-refractivity contribution is -0.384. The van der Waals surface area contributed by atoms with Crippen molar-refractivity contribution in [2.24, 2.45) is 11.8 Å². The molecule has 2 aliphatic rings. The third-order valence-electron chi connectivity index (χ3n) is 7.68. The molecule has 8 nitrogen and oxygen atoms in total. The zero-order chi connectivity index (χ0) is 27.4. The highest BCUT2D eigenvalue weighted by molar-refractivity contribution is 5.58. The minimum Gasteiger partial charge on any atom is -0.424 e. The van der Waals surface area contributed by atoms with Crippen LogP contribution in [0.25, 0.3) is 11.3 Å². The fraction of sp³-hybridized carbons (Fsp3) is 0.464. The summed E-state index contributed by atoms with van der Waals surface area (Å²) in [6.45, 7) is 1.88. The minimum atomic E-state index is -4.73. The number of benzene rings is 2. The second kappa shape index (κ2) is 11.5. The lowest BCUT2D eigenvalue weighted by Crippen LogP contribution is -2.39. The average molecular weight is 545 g/mol. The maximum Gasteiger partial charge on any atom is 0.573 e. The molecule has 2 aromatic carbocycles. The van der Waals surface area contributed by atoms with Crippen LogP contribution in [0.4, 0.5) is 30.6 Å². The highest BCUT2D eigenvalue weighted by atomic mass is 19.4. The van der Waals surface area contributed by atoms with Crippen molar-refractivity contribution in [3.63, 3.8) is 0 Å². The number of alkyl halides is 3. The van der Waals surface area contributed by atoms with E-state index < -0.39 is 6.36 Å². The van der Waals surface area contributed by atoms with Gasteiger partial charge in [0.1, 0.15) is 5.75 Å². The number of hydrogen-bond acceptors (Lipinski definition) is 7. The summed E-state index contributed by atoms with van der Waals surface area (Å²) < 4.78 is 47.1. The van der Waals surface area contributed by atoms with Gasteiger partial charge in [-0.05, 0) is 80.3 Å². The van der Waals surface area contributed by atoms with E-state index in [0.29, 0.717) is 29.2 Å². The Morgan fingerprint density at radius 2 is 1.79 bits per heavy atom. The molecule has 1 saturated carbocycles. The first-order chi connectivity index (χ1) is 18.7. The van der Waals surface area contributed by atoms with E-state index in [-0.39, 0.29) is 22.4 Å². The number of non-ortho nitro benzene ring substituents is 1. The number of hydrogen-bond donors (Lipinski definition) is 1. The quantitative estimate of drug-likeness (QED) is 0.233. The molecule has 0 radical (unpaired) electrons. The van der Waals surface area contributed by atoms with Crippen LogP contribution in [0.3, 0.4) is 0 Å². The van der Waals surface area contributed by atoms with E-state index in [0.717, 1.165) is 57.3 Å². The molecule has 0 unspecified atom stereocenters. The van der Waals surface area contributed by atoms with Crippen LogP contribution in [0.2, 0.25) is 0 Å². The number of nitrogens with zero attached hydrogens (tertiary/aromatic N) is 3. The number of nitro benzene ring substituents is 1. The van der Waals surface area contributed by atoms with E-state index in [9.17, 15) is 23.3 Å². The number of piperidine rings is 1. The molecule has 208 valence electrons. The van der Waals surface area contributed by atoms with Crippen LogP contribution in [-0.2, 0) is 0 Å². The van der Waals surface area contributed by atoms with Crippen molar-refractivity contribution < 1.29 is 27.2 Å². The normalized spacial score (nSPS) is 21.9. The van der Waals surface area contributed by atoms with Gasteiger partial charge in [-0.15, -0.1) is 13.2 Å². The van der Waals surface area contributed by atoms with Gasteiger partial charge in [0, 0.05) is 42.5 Å². The van der Waals surface area contributed by atoms with Gasteiger partial charge in [-0.3, -0.25) is 10.1 Å². The molecule has 1 saturated heterocycles. The summed E-state index contributed by atoms with van der Waals surface area (Å²) in [6, 6.07) is 13.0. The summed E-state index contributed by atoms with van der Waals surface area (Å²) in [7, 11) is 0. The Balaban J connectivity index is 1.19. The number of nitro groups is 1. The molecule has 1 aromatic heterocycles. The molecular weight excluding hydrogens is 513 g/mol. The van der Waals surface area contributed by atoms with Crippen LogP contribution in [0.1, 0.15) is 44.9 Å². The van der Waals surface area contributed by atoms with Crippen LogP contribution < -0.4 is 15.0 Å². The Hall–Kier alpha value is -3.76. The molecule has 1 N–H and O–H groups in total. The second-order valence-corrected chi connectivity index (χ2v) is 10.4. The largest absolute Gasteiger partial charge is 0.573 e. The van der Waals surface area contributed by atoms with Gasteiger partial charge in [0.05, 0.1) is 11.1 Å². The first kappa shape index (κ1) is 26.8. The highest BCUT2D eigenvalue weighted by Gasteiger charge is 2.32. The van der Waals surface area contributed by atoms with Gasteiger partial charge in [0.2, 0.25) is 0 Å². The maximum absolute atomic E-state index is 12.4. The molecule has 0 amide bonds. The van der Waals surface area contributed by atoms with Crippen molar-refractivity contribution in [3.8, 4) is 17.1 Å². The molecule has 39 heavy (non-hydrogen) atoms. The van der Waals surface area contributed by atoms with Crippen molar-refractivity contribution >= 4 is 17.4 Å². The fourth-order valence-corrected chi connectivity index (χ4v) is 5.84. The van der Waals surface area contributed by atoms with E-state index in [4.69, 9.17) is 4.42 Å². The Bertz CT molecular complexity index is 1250. The third-order valence-corrected chi connectivity index (χ3v) is 7.68. The number of rotatable bonds is 8. The Kier molecular flexibility index (Phi) is 7.94. The van der Waals surface area contributed by atoms with Crippen LogP contribution >= 0.6 is 0 Å². The Labute approximate surface area is 224 Å². The van der Waals surface area contributed by atoms with E-state index in [1.807, 2.05) is 12.1 Å². The first-order valence-corrected chi connectivity index (χ1v) is 13.3. The predicted octanol–water partition coefficient (Wildman–Crippen LogP) is 7.43. The zero-order valence-corrected chi connectivity index (χ0v) is 21.4. The molecule has 3 atom stereocenters. The summed E-state index contributed by atoms with van der Waals surface area (Å²) in [4.78, 5) is 17.3. The molecule has 11 heteroatoms. The lowest BCUT2D eigenvalue weighted by Gasteiger charge is -2.39. The summed E-state index contributed by atoms with van der Waals surface area (Å²) in [5.41, 5.74) is 1.73. The van der Waals surface area contributed by atoms with Crippen LogP contribution in [-0.4, -0.2) is 35.4 Å². The maximum atomic E-state index is 12.4. The smallest absolute Gasteiger partial charge is 0.424 e. The van der Waals surface area contributed by atoms with Crippen molar-refractivity contribution in [2.75, 3.05) is 23.3 Å². The van der Waals surface area contributed by atoms with Gasteiger partial charge < -0.3 is 19.4 Å². The van der Waals surface area contributed by atoms with Gasteiger partial charge in [0.15, 0.2) is 5.76 Å². The van der Waals surface area contributed by atoms with Gasteiger partial charge in [-0.2, -0.15) is 0 Å². The summed E-state index contributed by atoms with van der Waals surface area (Å²) in [5.74, 6) is 1.17. The number of halogens is 3. The molecular formula is C28H31F3N4O4. The van der Waals surface area contributed by atoms with Crippen LogP contribution in [0, 0.1) is 22.0 Å². The fourth-order valence-electron chi connectivity index (χ4n) is 5.84. The molecule has 0 bridgehead atoms. The highest BCUT2D eigenvalue weighted by Crippen LogP contribution is 2.36. The number of ether oxygens (including phenoxy) is 1. The van der Waals surface area contributed by atoms with Crippen LogP contribution in [0.5, 0.6) is 5.75 Å². The van der Waals surface area contributed by atoms with Gasteiger partial charge in [0.25, 0.3) is 11.7 Å². The first-order valence-electron chi connectivity index (χ1n) is 13.3. The SMILES string of the molecule is O=[N+]([O-])c1ccc(N2CCC[C@H](C[C@@H]3CCCC[C@H]3Nc3ncc(-c4ccc(OC(F)(F)F)cc4)o3)C2)cc1. The summed E-state index contributed by atoms with van der Waals surface area (Å²) in [6.07, 6.45) is 4.62. The van der Waals surface area contributed by atoms with E-state index in [1.165, 1.54) is 30.7 Å². The third kappa shape index (κ3) is 7.01. The van der Waals surface area contributed by atoms with Crippen molar-refractivity contribution in [3.05, 3.63) is 64.8 Å². The lowest BCUT2D eigenvalue weighted by atomic mass is 9.77. The molecule has 2 heterocycles. The Morgan fingerprint density at radius 1 is 1.05 bits per heavy atom. The number of oxazole rings is 1. The monoisotopic (exact) mass is 544 g/mol. The molecule has 5 rings (SSSR count). The predicted molar refractivity (Wildman–Crippen MR) is 141 cm³/mol. The second-order valence-electron chi connectivity index (χ2n) is 10.4. The average Bonchev–Trinajstić information content (AvgIpc) is 3.38. The molecule has 2 fully saturated rings. The number of aromatic nitrogens is 1. The minimum absolute atomic E-state index is 0.102. The van der Waals surface area contributed by atoms with Gasteiger partial charge in [-0.25, -0.2) is 4.98 Å². The van der Waals surface area contributed by atoms with Gasteiger partial charge >= 0.3 is 6.36 Å². The number of anilines is 2. The Morgan fingerprint density at radius 3 is 2.51 bits per heavy atom. The molecule has 0 spiro atoms. The summed E-state index contributed by atoms with van der Waals surface area (Å²) >= 11 is 0. The van der Waals surface area contributed by atoms with E-state index in [2.05, 4.69) is 19.9 Å². The molecule has 3 aromatic rings. The van der Waals surface area contributed by atoms with Crippen LogP contribution in [0.15, 0.2) is 59.1 Å². The van der Waals surface area contributed by atoms with E-state index in [1.54, 1.807) is 18.3 Å². The van der Waals surface area contributed by atoms with Crippen molar-refractivity contribution in [1.82, 2.24) is 4.98 Å². The summed E-state index contributed by atoms with van der Waals surface area (Å²) in [5, 5.41) is 14.5. The van der Waals surface area contributed by atoms with Crippen molar-refractivity contribution in [2.45, 2.75) is 57.3 Å². The molecule has 1 aliphatic heterocycles. The zero-order valence-electron chi connectivity index (χ0n) is 21.4.